The summed E-state index contributed by atoms with van der Waals surface area (Å²) in [6, 6.07) is 15.3. The number of methoxy groups -OCH3 is 1. The van der Waals surface area contributed by atoms with Crippen LogP contribution in [0.1, 0.15) is 16.1 Å². The molecule has 0 bridgehead atoms. The maximum absolute atomic E-state index is 12.3. The van der Waals surface area contributed by atoms with Crippen molar-refractivity contribution in [2.75, 3.05) is 11.8 Å². The van der Waals surface area contributed by atoms with Gasteiger partial charge in [0.2, 0.25) is 0 Å². The number of amides is 1. The molecule has 0 aliphatic rings. The minimum Gasteiger partial charge on any atom is -0.497 e. The Labute approximate surface area is 161 Å². The largest absolute Gasteiger partial charge is 0.497 e. The molecular formula is C18H17N3O4S2. The summed E-state index contributed by atoms with van der Waals surface area (Å²) >= 11 is 1.05. The molecule has 9 heteroatoms. The quantitative estimate of drug-likeness (QED) is 0.632. The molecule has 1 aromatic heterocycles. The highest BCUT2D eigenvalue weighted by molar-refractivity contribution is 7.93. The van der Waals surface area contributed by atoms with Gasteiger partial charge in [-0.05, 0) is 29.8 Å². The van der Waals surface area contributed by atoms with E-state index in [2.05, 4.69) is 15.0 Å². The van der Waals surface area contributed by atoms with E-state index >= 15 is 0 Å². The number of sulfonamides is 1. The lowest BCUT2D eigenvalue weighted by molar-refractivity contribution is 0.0946. The normalized spacial score (nSPS) is 11.0. The van der Waals surface area contributed by atoms with Crippen LogP contribution in [0.4, 0.5) is 5.13 Å². The van der Waals surface area contributed by atoms with Crippen LogP contribution in [-0.4, -0.2) is 26.4 Å². The van der Waals surface area contributed by atoms with E-state index in [1.807, 2.05) is 12.1 Å². The Morgan fingerprint density at radius 2 is 1.81 bits per heavy atom. The van der Waals surface area contributed by atoms with E-state index in [0.29, 0.717) is 6.54 Å². The van der Waals surface area contributed by atoms with Gasteiger partial charge in [0.15, 0.2) is 5.13 Å². The monoisotopic (exact) mass is 403 g/mol. The fourth-order valence-corrected chi connectivity index (χ4v) is 4.18. The van der Waals surface area contributed by atoms with Crippen molar-refractivity contribution in [3.05, 3.63) is 71.2 Å². The van der Waals surface area contributed by atoms with Gasteiger partial charge < -0.3 is 10.1 Å². The molecular weight excluding hydrogens is 386 g/mol. The average Bonchev–Trinajstić information content (AvgIpc) is 3.15. The third-order valence-corrected chi connectivity index (χ3v) is 5.87. The van der Waals surface area contributed by atoms with Gasteiger partial charge in [0.25, 0.3) is 15.9 Å². The smallest absolute Gasteiger partial charge is 0.271 e. The van der Waals surface area contributed by atoms with Crippen LogP contribution in [-0.2, 0) is 16.6 Å². The third-order valence-electron chi connectivity index (χ3n) is 3.62. The summed E-state index contributed by atoms with van der Waals surface area (Å²) in [6.45, 7) is 0.325. The Hall–Kier alpha value is -2.91. The van der Waals surface area contributed by atoms with Gasteiger partial charge in [-0.2, -0.15) is 0 Å². The molecule has 140 valence electrons. The van der Waals surface area contributed by atoms with Crippen LogP contribution < -0.4 is 14.8 Å². The van der Waals surface area contributed by atoms with Gasteiger partial charge in [0.05, 0.1) is 12.0 Å². The number of benzene rings is 2. The van der Waals surface area contributed by atoms with Gasteiger partial charge in [-0.15, -0.1) is 11.3 Å². The Balaban J connectivity index is 1.62. The number of aromatic nitrogens is 1. The summed E-state index contributed by atoms with van der Waals surface area (Å²) in [7, 11) is -2.15. The molecule has 1 amide bonds. The standard InChI is InChI=1S/C18H17N3O4S2/c1-25-14-9-7-13(8-10-14)11-19-17(22)16-12-26-18(20-16)21-27(23,24)15-5-3-2-4-6-15/h2-10,12H,11H2,1H3,(H,19,22)(H,20,21). The number of rotatable bonds is 7. The van der Waals surface area contributed by atoms with E-state index in [9.17, 15) is 13.2 Å². The van der Waals surface area contributed by atoms with E-state index in [4.69, 9.17) is 4.74 Å². The van der Waals surface area contributed by atoms with Crippen LogP contribution in [0.5, 0.6) is 5.75 Å². The Morgan fingerprint density at radius 1 is 1.11 bits per heavy atom. The summed E-state index contributed by atoms with van der Waals surface area (Å²) in [6.07, 6.45) is 0. The van der Waals surface area contributed by atoms with Crippen LogP contribution in [0.25, 0.3) is 0 Å². The van der Waals surface area contributed by atoms with E-state index < -0.39 is 10.0 Å². The fraction of sp³-hybridized carbons (Fsp3) is 0.111. The van der Waals surface area contributed by atoms with Crippen LogP contribution in [0.15, 0.2) is 64.9 Å². The molecule has 0 spiro atoms. The van der Waals surface area contributed by atoms with Gasteiger partial charge >= 0.3 is 0 Å². The zero-order chi connectivity index (χ0) is 19.3. The Bertz CT molecular complexity index is 1020. The molecule has 0 atom stereocenters. The Kier molecular flexibility index (Phi) is 5.72. The number of carbonyl (C=O) groups excluding carboxylic acids is 1. The zero-order valence-corrected chi connectivity index (χ0v) is 16.0. The van der Waals surface area contributed by atoms with E-state index in [0.717, 1.165) is 22.6 Å². The second-order valence-electron chi connectivity index (χ2n) is 5.49. The molecule has 7 nitrogen and oxygen atoms in total. The molecule has 0 fully saturated rings. The minimum absolute atomic E-state index is 0.130. The second-order valence-corrected chi connectivity index (χ2v) is 8.03. The first kappa shape index (κ1) is 18.9. The summed E-state index contributed by atoms with van der Waals surface area (Å²) in [4.78, 5) is 16.4. The number of hydrogen-bond acceptors (Lipinski definition) is 6. The molecule has 0 radical (unpaired) electrons. The lowest BCUT2D eigenvalue weighted by Crippen LogP contribution is -2.23. The summed E-state index contributed by atoms with van der Waals surface area (Å²) < 4.78 is 32.0. The van der Waals surface area contributed by atoms with Crippen molar-refractivity contribution < 1.29 is 17.9 Å². The van der Waals surface area contributed by atoms with Crippen molar-refractivity contribution in [1.29, 1.82) is 0 Å². The SMILES string of the molecule is COc1ccc(CNC(=O)c2csc(NS(=O)(=O)c3ccccc3)n2)cc1. The zero-order valence-electron chi connectivity index (χ0n) is 14.4. The number of nitrogens with zero attached hydrogens (tertiary/aromatic N) is 1. The lowest BCUT2D eigenvalue weighted by atomic mass is 10.2. The van der Waals surface area contributed by atoms with Crippen LogP contribution in [0.2, 0.25) is 0 Å². The molecule has 2 aromatic carbocycles. The van der Waals surface area contributed by atoms with Gasteiger partial charge in [0.1, 0.15) is 11.4 Å². The number of carbonyl (C=O) groups is 1. The highest BCUT2D eigenvalue weighted by atomic mass is 32.2. The van der Waals surface area contributed by atoms with Crippen molar-refractivity contribution in [3.8, 4) is 5.75 Å². The number of hydrogen-bond donors (Lipinski definition) is 2. The van der Waals surface area contributed by atoms with Gasteiger partial charge in [-0.25, -0.2) is 13.4 Å². The first-order chi connectivity index (χ1) is 13.0. The molecule has 0 saturated heterocycles. The van der Waals surface area contributed by atoms with Crippen molar-refractivity contribution in [2.45, 2.75) is 11.4 Å². The number of anilines is 1. The van der Waals surface area contributed by atoms with E-state index in [-0.39, 0.29) is 21.6 Å². The molecule has 2 N–H and O–H groups in total. The summed E-state index contributed by atoms with van der Waals surface area (Å²) in [5, 5.41) is 4.39. The molecule has 0 saturated carbocycles. The molecule has 0 aliphatic heterocycles. The van der Waals surface area contributed by atoms with Crippen molar-refractivity contribution in [2.24, 2.45) is 0 Å². The van der Waals surface area contributed by atoms with Gasteiger partial charge in [-0.1, -0.05) is 30.3 Å². The van der Waals surface area contributed by atoms with Crippen molar-refractivity contribution in [3.63, 3.8) is 0 Å². The number of ether oxygens (including phenoxy) is 1. The predicted octanol–water partition coefficient (Wildman–Crippen LogP) is 2.88. The van der Waals surface area contributed by atoms with Gasteiger partial charge in [-0.3, -0.25) is 9.52 Å². The number of thiazole rings is 1. The minimum atomic E-state index is -3.73. The maximum Gasteiger partial charge on any atom is 0.271 e. The average molecular weight is 403 g/mol. The molecule has 0 aliphatic carbocycles. The van der Waals surface area contributed by atoms with E-state index in [1.165, 1.54) is 17.5 Å². The van der Waals surface area contributed by atoms with Crippen molar-refractivity contribution in [1.82, 2.24) is 10.3 Å². The first-order valence-electron chi connectivity index (χ1n) is 7.92. The highest BCUT2D eigenvalue weighted by Gasteiger charge is 2.17. The molecule has 0 unspecified atom stereocenters. The molecule has 3 aromatic rings. The van der Waals surface area contributed by atoms with E-state index in [1.54, 1.807) is 37.4 Å². The first-order valence-corrected chi connectivity index (χ1v) is 10.3. The van der Waals surface area contributed by atoms with Crippen LogP contribution >= 0.6 is 11.3 Å². The highest BCUT2D eigenvalue weighted by Crippen LogP contribution is 2.20. The topological polar surface area (TPSA) is 97.4 Å². The van der Waals surface area contributed by atoms with Crippen LogP contribution in [0, 0.1) is 0 Å². The fourth-order valence-electron chi connectivity index (χ4n) is 2.21. The number of nitrogens with one attached hydrogen (secondary N) is 2. The second kappa shape index (κ2) is 8.19. The molecule has 27 heavy (non-hydrogen) atoms. The van der Waals surface area contributed by atoms with Crippen LogP contribution in [0.3, 0.4) is 0 Å². The van der Waals surface area contributed by atoms with Gasteiger partial charge in [0, 0.05) is 11.9 Å². The summed E-state index contributed by atoms with van der Waals surface area (Å²) in [5.41, 5.74) is 1.06. The van der Waals surface area contributed by atoms with Crippen molar-refractivity contribution >= 4 is 32.4 Å². The predicted molar refractivity (Wildman–Crippen MR) is 104 cm³/mol. The third kappa shape index (κ3) is 4.83. The lowest BCUT2D eigenvalue weighted by Gasteiger charge is -2.05. The maximum atomic E-state index is 12.3. The summed E-state index contributed by atoms with van der Waals surface area (Å²) in [5.74, 6) is 0.354. The molecule has 1 heterocycles. The molecule has 3 rings (SSSR count). The Morgan fingerprint density at radius 3 is 2.48 bits per heavy atom.